The van der Waals surface area contributed by atoms with E-state index < -0.39 is 0 Å². The van der Waals surface area contributed by atoms with Crippen molar-refractivity contribution < 1.29 is 14.6 Å². The van der Waals surface area contributed by atoms with E-state index in [0.717, 1.165) is 30.8 Å². The molecule has 0 spiro atoms. The molecule has 1 aliphatic rings. The minimum atomic E-state index is 0.136. The van der Waals surface area contributed by atoms with E-state index in [1.54, 1.807) is 7.11 Å². The number of aliphatic hydroxyl groups is 1. The fourth-order valence-corrected chi connectivity index (χ4v) is 3.38. The molecule has 1 aromatic carbocycles. The molecule has 0 aromatic heterocycles. The first-order valence-electron chi connectivity index (χ1n) is 8.65. The third-order valence-corrected chi connectivity index (χ3v) is 4.99. The lowest BCUT2D eigenvalue weighted by Crippen LogP contribution is -2.34. The molecule has 0 saturated carbocycles. The Morgan fingerprint density at radius 3 is 2.71 bits per heavy atom. The summed E-state index contributed by atoms with van der Waals surface area (Å²) in [4.78, 5) is 16.8. The molecule has 134 valence electrons. The molecule has 5 nitrogen and oxygen atoms in total. The van der Waals surface area contributed by atoms with Crippen molar-refractivity contribution in [3.05, 3.63) is 35.4 Å². The Bertz CT molecular complexity index is 535. The zero-order valence-corrected chi connectivity index (χ0v) is 15.1. The van der Waals surface area contributed by atoms with E-state index >= 15 is 0 Å². The smallest absolute Gasteiger partial charge is 0.227 e. The number of hydrogen-bond acceptors (Lipinski definition) is 4. The Morgan fingerprint density at radius 2 is 2.04 bits per heavy atom. The van der Waals surface area contributed by atoms with Crippen LogP contribution in [0.1, 0.15) is 11.1 Å². The molecular weight excluding hydrogens is 304 g/mol. The molecule has 0 radical (unpaired) electrons. The summed E-state index contributed by atoms with van der Waals surface area (Å²) in [6.45, 7) is 6.00. The van der Waals surface area contributed by atoms with E-state index in [2.05, 4.69) is 11.9 Å². The lowest BCUT2D eigenvalue weighted by molar-refractivity contribution is -0.129. The SMILES string of the molecule is COCCN(C)C[C@@H]1CN(C(=O)Cc2ccccc2C)C[C@@H]1CO. The molecule has 0 unspecified atom stereocenters. The first kappa shape index (κ1) is 18.9. The van der Waals surface area contributed by atoms with Gasteiger partial charge in [0.2, 0.25) is 5.91 Å². The van der Waals surface area contributed by atoms with Crippen LogP contribution in [0.4, 0.5) is 0 Å². The van der Waals surface area contributed by atoms with Gasteiger partial charge in [-0.05, 0) is 31.0 Å². The van der Waals surface area contributed by atoms with Crippen LogP contribution in [0.2, 0.25) is 0 Å². The number of rotatable bonds is 8. The van der Waals surface area contributed by atoms with Gasteiger partial charge < -0.3 is 19.6 Å². The van der Waals surface area contributed by atoms with Crippen molar-refractivity contribution in [1.29, 1.82) is 0 Å². The van der Waals surface area contributed by atoms with Crippen molar-refractivity contribution >= 4 is 5.91 Å². The normalized spacial score (nSPS) is 20.8. The van der Waals surface area contributed by atoms with Gasteiger partial charge >= 0.3 is 0 Å². The number of methoxy groups -OCH3 is 1. The number of carbonyl (C=O) groups is 1. The van der Waals surface area contributed by atoms with E-state index in [1.165, 1.54) is 0 Å². The molecule has 1 fully saturated rings. The predicted molar refractivity (Wildman–Crippen MR) is 94.9 cm³/mol. The highest BCUT2D eigenvalue weighted by Crippen LogP contribution is 2.25. The van der Waals surface area contributed by atoms with Crippen molar-refractivity contribution in [2.24, 2.45) is 11.8 Å². The van der Waals surface area contributed by atoms with Gasteiger partial charge in [-0.25, -0.2) is 0 Å². The van der Waals surface area contributed by atoms with Gasteiger partial charge in [-0.1, -0.05) is 24.3 Å². The zero-order valence-electron chi connectivity index (χ0n) is 15.1. The minimum Gasteiger partial charge on any atom is -0.396 e. The average Bonchev–Trinajstić information content (AvgIpc) is 2.98. The second kappa shape index (κ2) is 9.16. The first-order chi connectivity index (χ1) is 11.5. The highest BCUT2D eigenvalue weighted by molar-refractivity contribution is 5.79. The van der Waals surface area contributed by atoms with E-state index in [0.29, 0.717) is 25.5 Å². The van der Waals surface area contributed by atoms with Crippen molar-refractivity contribution in [3.8, 4) is 0 Å². The Hall–Kier alpha value is -1.43. The molecule has 1 aromatic rings. The van der Waals surface area contributed by atoms with Gasteiger partial charge in [0.15, 0.2) is 0 Å². The predicted octanol–water partition coefficient (Wildman–Crippen LogP) is 1.18. The Morgan fingerprint density at radius 1 is 1.33 bits per heavy atom. The Balaban J connectivity index is 1.92. The Labute approximate surface area is 145 Å². The van der Waals surface area contributed by atoms with Gasteiger partial charge in [0, 0.05) is 45.8 Å². The standard InChI is InChI=1S/C19H30N2O3/c1-15-6-4-5-7-16(15)10-19(23)21-12-17(18(13-21)14-22)11-20(2)8-9-24-3/h4-7,17-18,22H,8-14H2,1-3H3/t17-,18-/m1/s1. The number of benzene rings is 1. The average molecular weight is 334 g/mol. The van der Waals surface area contributed by atoms with Gasteiger partial charge in [0.05, 0.1) is 13.0 Å². The van der Waals surface area contributed by atoms with Gasteiger partial charge in [0.1, 0.15) is 0 Å². The zero-order chi connectivity index (χ0) is 17.5. The topological polar surface area (TPSA) is 53.0 Å². The van der Waals surface area contributed by atoms with E-state index in [9.17, 15) is 9.90 Å². The molecule has 2 atom stereocenters. The maximum atomic E-state index is 12.6. The molecular formula is C19H30N2O3. The summed E-state index contributed by atoms with van der Waals surface area (Å²) in [6.07, 6.45) is 0.442. The van der Waals surface area contributed by atoms with Crippen LogP contribution in [0.5, 0.6) is 0 Å². The highest BCUT2D eigenvalue weighted by Gasteiger charge is 2.35. The lowest BCUT2D eigenvalue weighted by atomic mass is 9.96. The maximum Gasteiger partial charge on any atom is 0.227 e. The second-order valence-corrected chi connectivity index (χ2v) is 6.86. The van der Waals surface area contributed by atoms with Crippen molar-refractivity contribution in [2.45, 2.75) is 13.3 Å². The number of aliphatic hydroxyl groups excluding tert-OH is 1. The largest absolute Gasteiger partial charge is 0.396 e. The van der Waals surface area contributed by atoms with E-state index in [1.807, 2.05) is 36.1 Å². The maximum absolute atomic E-state index is 12.6. The summed E-state index contributed by atoms with van der Waals surface area (Å²) in [5.74, 6) is 0.637. The summed E-state index contributed by atoms with van der Waals surface area (Å²) >= 11 is 0. The second-order valence-electron chi connectivity index (χ2n) is 6.86. The van der Waals surface area contributed by atoms with Crippen LogP contribution in [-0.2, 0) is 16.0 Å². The summed E-state index contributed by atoms with van der Waals surface area (Å²) in [6, 6.07) is 8.02. The summed E-state index contributed by atoms with van der Waals surface area (Å²) < 4.78 is 5.11. The first-order valence-corrected chi connectivity index (χ1v) is 8.65. The lowest BCUT2D eigenvalue weighted by Gasteiger charge is -2.23. The molecule has 1 heterocycles. The number of likely N-dealkylation sites (tertiary alicyclic amines) is 1. The third kappa shape index (κ3) is 5.03. The van der Waals surface area contributed by atoms with Crippen LogP contribution < -0.4 is 0 Å². The van der Waals surface area contributed by atoms with Crippen LogP contribution in [0.3, 0.4) is 0 Å². The third-order valence-electron chi connectivity index (χ3n) is 4.99. The quantitative estimate of drug-likeness (QED) is 0.776. The van der Waals surface area contributed by atoms with Crippen LogP contribution in [0.15, 0.2) is 24.3 Å². The monoisotopic (exact) mass is 334 g/mol. The molecule has 0 aliphatic carbocycles. The molecule has 0 bridgehead atoms. The van der Waals surface area contributed by atoms with Crippen LogP contribution >= 0.6 is 0 Å². The number of carbonyl (C=O) groups excluding carboxylic acids is 1. The van der Waals surface area contributed by atoms with Crippen LogP contribution in [0.25, 0.3) is 0 Å². The van der Waals surface area contributed by atoms with Crippen molar-refractivity contribution in [3.63, 3.8) is 0 Å². The number of likely N-dealkylation sites (N-methyl/N-ethyl adjacent to an activating group) is 1. The Kier molecular flexibility index (Phi) is 7.21. The van der Waals surface area contributed by atoms with Crippen LogP contribution in [0, 0.1) is 18.8 Å². The van der Waals surface area contributed by atoms with Crippen LogP contribution in [-0.4, -0.2) is 74.4 Å². The van der Waals surface area contributed by atoms with Crippen molar-refractivity contribution in [1.82, 2.24) is 9.80 Å². The van der Waals surface area contributed by atoms with Gasteiger partial charge in [-0.3, -0.25) is 4.79 Å². The minimum absolute atomic E-state index is 0.136. The number of nitrogens with zero attached hydrogens (tertiary/aromatic N) is 2. The summed E-state index contributed by atoms with van der Waals surface area (Å²) in [5, 5.41) is 9.68. The number of amides is 1. The molecule has 1 aliphatic heterocycles. The fraction of sp³-hybridized carbons (Fsp3) is 0.632. The molecule has 1 saturated heterocycles. The molecule has 1 amide bonds. The number of aryl methyl sites for hydroxylation is 1. The van der Waals surface area contributed by atoms with Gasteiger partial charge in [-0.2, -0.15) is 0 Å². The molecule has 24 heavy (non-hydrogen) atoms. The molecule has 2 rings (SSSR count). The number of hydrogen-bond donors (Lipinski definition) is 1. The summed E-state index contributed by atoms with van der Waals surface area (Å²) in [7, 11) is 3.76. The fourth-order valence-electron chi connectivity index (χ4n) is 3.38. The van der Waals surface area contributed by atoms with Gasteiger partial charge in [0.25, 0.3) is 0 Å². The number of ether oxygens (including phenoxy) is 1. The summed E-state index contributed by atoms with van der Waals surface area (Å²) in [5.41, 5.74) is 2.24. The molecule has 5 heteroatoms. The van der Waals surface area contributed by atoms with E-state index in [-0.39, 0.29) is 18.4 Å². The molecule has 1 N–H and O–H groups in total. The van der Waals surface area contributed by atoms with Crippen molar-refractivity contribution in [2.75, 3.05) is 53.6 Å². The van der Waals surface area contributed by atoms with E-state index in [4.69, 9.17) is 4.74 Å². The highest BCUT2D eigenvalue weighted by atomic mass is 16.5. The van der Waals surface area contributed by atoms with Gasteiger partial charge in [-0.15, -0.1) is 0 Å².